The molecule has 2 aliphatic heterocycles. The molecule has 0 unspecified atom stereocenters. The fraction of sp³-hybridized carbons (Fsp3) is 0.591. The topological polar surface area (TPSA) is 54.0 Å². The highest BCUT2D eigenvalue weighted by atomic mass is 28.4. The number of esters is 1. The molecule has 2 heterocycles. The summed E-state index contributed by atoms with van der Waals surface area (Å²) in [7, 11) is -2.20. The fourth-order valence-electron chi connectivity index (χ4n) is 4.88. The van der Waals surface area contributed by atoms with Crippen molar-refractivity contribution < 1.29 is 23.4 Å². The van der Waals surface area contributed by atoms with Gasteiger partial charge in [0, 0.05) is 5.57 Å². The largest absolute Gasteiger partial charge is 0.462 e. The van der Waals surface area contributed by atoms with E-state index in [0.717, 1.165) is 11.3 Å². The van der Waals surface area contributed by atoms with Crippen LogP contribution in [-0.4, -0.2) is 27.7 Å². The number of carbonyl (C=O) groups is 1. The molecule has 154 valence electrons. The molecule has 0 radical (unpaired) electrons. The minimum Gasteiger partial charge on any atom is -0.462 e. The van der Waals surface area contributed by atoms with Crippen molar-refractivity contribution in [2.45, 2.75) is 64.3 Å². The zero-order valence-electron chi connectivity index (χ0n) is 17.8. The molecule has 0 N–H and O–H groups in total. The zero-order chi connectivity index (χ0) is 20.6. The number of cyclic esters (lactones) is 1. The van der Waals surface area contributed by atoms with E-state index in [-0.39, 0.29) is 24.8 Å². The molecule has 28 heavy (non-hydrogen) atoms. The van der Waals surface area contributed by atoms with Gasteiger partial charge in [0.1, 0.15) is 6.61 Å². The molecule has 6 heteroatoms. The summed E-state index contributed by atoms with van der Waals surface area (Å²) in [5.74, 6) is 0.925. The van der Waals surface area contributed by atoms with E-state index in [1.165, 1.54) is 0 Å². The molecular weight excluding hydrogens is 372 g/mol. The number of hydrogen-bond acceptors (Lipinski definition) is 5. The second-order valence-electron chi connectivity index (χ2n) is 8.70. The molecule has 0 spiro atoms. The van der Waals surface area contributed by atoms with E-state index in [0.29, 0.717) is 34.6 Å². The smallest absolute Gasteiger partial charge is 0.333 e. The van der Waals surface area contributed by atoms with Crippen molar-refractivity contribution in [3.05, 3.63) is 35.9 Å². The lowest BCUT2D eigenvalue weighted by Crippen LogP contribution is -2.49. The SMILES string of the molecule is C=C1C(=O)OC[C@@H]1[C@@H](O[Si](C(C)C)(C(C)C)C(C)C)c1ccc2c(c1)OCO2. The quantitative estimate of drug-likeness (QED) is 0.347. The molecule has 5 nitrogen and oxygen atoms in total. The van der Waals surface area contributed by atoms with Crippen LogP contribution in [0.4, 0.5) is 0 Å². The predicted molar refractivity (Wildman–Crippen MR) is 111 cm³/mol. The summed E-state index contributed by atoms with van der Waals surface area (Å²) in [5.41, 5.74) is 2.75. The zero-order valence-corrected chi connectivity index (χ0v) is 18.8. The Bertz CT molecular complexity index is 734. The average molecular weight is 405 g/mol. The number of fused-ring (bicyclic) bond motifs is 1. The summed E-state index contributed by atoms with van der Waals surface area (Å²) in [6.07, 6.45) is -0.299. The normalized spacial score (nSPS) is 20.4. The van der Waals surface area contributed by atoms with Crippen LogP contribution in [0, 0.1) is 5.92 Å². The van der Waals surface area contributed by atoms with Crippen molar-refractivity contribution in [3.63, 3.8) is 0 Å². The maximum absolute atomic E-state index is 12.1. The Morgan fingerprint density at radius 3 is 2.14 bits per heavy atom. The third-order valence-corrected chi connectivity index (χ3v) is 12.3. The van der Waals surface area contributed by atoms with Gasteiger partial charge in [0.2, 0.25) is 15.1 Å². The molecule has 0 saturated carbocycles. The van der Waals surface area contributed by atoms with Gasteiger partial charge in [-0.1, -0.05) is 54.2 Å². The van der Waals surface area contributed by atoms with Crippen LogP contribution in [0.25, 0.3) is 0 Å². The summed E-state index contributed by atoms with van der Waals surface area (Å²) in [5, 5.41) is 0. The van der Waals surface area contributed by atoms with Crippen LogP contribution in [0.1, 0.15) is 53.2 Å². The summed E-state index contributed by atoms with van der Waals surface area (Å²) >= 11 is 0. The van der Waals surface area contributed by atoms with E-state index in [1.54, 1.807) is 0 Å². The van der Waals surface area contributed by atoms with Crippen molar-refractivity contribution in [3.8, 4) is 11.5 Å². The second kappa shape index (κ2) is 7.91. The van der Waals surface area contributed by atoms with Crippen molar-refractivity contribution >= 4 is 14.3 Å². The monoisotopic (exact) mass is 404 g/mol. The third kappa shape index (κ3) is 3.48. The average Bonchev–Trinajstić information content (AvgIpc) is 3.22. The lowest BCUT2D eigenvalue weighted by Gasteiger charge is -2.45. The molecule has 0 bridgehead atoms. The van der Waals surface area contributed by atoms with Gasteiger partial charge in [-0.15, -0.1) is 0 Å². The van der Waals surface area contributed by atoms with Gasteiger partial charge in [-0.3, -0.25) is 0 Å². The van der Waals surface area contributed by atoms with Gasteiger partial charge in [0.15, 0.2) is 11.5 Å². The highest BCUT2D eigenvalue weighted by Gasteiger charge is 2.49. The summed E-state index contributed by atoms with van der Waals surface area (Å²) in [6, 6.07) is 5.90. The molecule has 1 fully saturated rings. The fourth-order valence-corrected chi connectivity index (χ4v) is 10.4. The summed E-state index contributed by atoms with van der Waals surface area (Å²) in [4.78, 5) is 12.1. The molecule has 1 aromatic rings. The molecule has 3 rings (SSSR count). The van der Waals surface area contributed by atoms with E-state index >= 15 is 0 Å². The van der Waals surface area contributed by atoms with Gasteiger partial charge in [-0.2, -0.15) is 0 Å². The first-order valence-electron chi connectivity index (χ1n) is 10.1. The van der Waals surface area contributed by atoms with E-state index < -0.39 is 8.32 Å². The Kier molecular flexibility index (Phi) is 5.91. The van der Waals surface area contributed by atoms with E-state index in [4.69, 9.17) is 18.6 Å². The van der Waals surface area contributed by atoms with Crippen LogP contribution in [0.2, 0.25) is 16.6 Å². The van der Waals surface area contributed by atoms with E-state index in [1.807, 2.05) is 18.2 Å². The molecule has 2 aliphatic rings. The highest BCUT2D eigenvalue weighted by molar-refractivity contribution is 6.77. The number of hydrogen-bond donors (Lipinski definition) is 0. The van der Waals surface area contributed by atoms with Crippen molar-refractivity contribution in [1.82, 2.24) is 0 Å². The van der Waals surface area contributed by atoms with E-state index in [9.17, 15) is 4.79 Å². The van der Waals surface area contributed by atoms with Gasteiger partial charge < -0.3 is 18.6 Å². The lowest BCUT2D eigenvalue weighted by molar-refractivity contribution is -0.135. The first kappa shape index (κ1) is 20.9. The third-order valence-electron chi connectivity index (χ3n) is 6.23. The Balaban J connectivity index is 2.06. The predicted octanol–water partition coefficient (Wildman–Crippen LogP) is 5.38. The van der Waals surface area contributed by atoms with Crippen molar-refractivity contribution in [2.24, 2.45) is 5.92 Å². The molecule has 0 aromatic heterocycles. The number of rotatable bonds is 7. The Hall–Kier alpha value is -1.79. The van der Waals surface area contributed by atoms with Crippen LogP contribution in [0.15, 0.2) is 30.4 Å². The van der Waals surface area contributed by atoms with Crippen LogP contribution in [-0.2, 0) is 14.0 Å². The molecule has 1 aromatic carbocycles. The number of carbonyl (C=O) groups excluding carboxylic acids is 1. The van der Waals surface area contributed by atoms with Gasteiger partial charge in [-0.25, -0.2) is 4.79 Å². The van der Waals surface area contributed by atoms with Crippen molar-refractivity contribution in [1.29, 1.82) is 0 Å². The lowest BCUT2D eigenvalue weighted by atomic mass is 9.92. The molecule has 2 atom stereocenters. The molecule has 0 aliphatic carbocycles. The first-order chi connectivity index (χ1) is 13.2. The molecular formula is C22H32O5Si. The standard InChI is InChI=1S/C22H32O5Si/c1-13(2)28(14(3)4,15(5)6)27-21(18-11-24-22(23)16(18)7)17-8-9-19-20(10-17)26-12-25-19/h8-10,13-15,18,21H,7,11-12H2,1-6H3/t18-,21-/m0/s1. The Morgan fingerprint density at radius 1 is 1.00 bits per heavy atom. The van der Waals surface area contributed by atoms with Gasteiger partial charge >= 0.3 is 5.97 Å². The van der Waals surface area contributed by atoms with Gasteiger partial charge in [0.05, 0.1) is 12.0 Å². The molecule has 1 saturated heterocycles. The Morgan fingerprint density at radius 2 is 1.61 bits per heavy atom. The van der Waals surface area contributed by atoms with Crippen LogP contribution < -0.4 is 9.47 Å². The maximum Gasteiger partial charge on any atom is 0.333 e. The maximum atomic E-state index is 12.1. The second-order valence-corrected chi connectivity index (χ2v) is 14.1. The summed E-state index contributed by atoms with van der Waals surface area (Å²) in [6.45, 7) is 18.1. The minimum atomic E-state index is -2.20. The van der Waals surface area contributed by atoms with Crippen LogP contribution in [0.5, 0.6) is 11.5 Å². The Labute approximate surface area is 169 Å². The highest BCUT2D eigenvalue weighted by Crippen LogP contribution is 2.49. The minimum absolute atomic E-state index is 0.198. The van der Waals surface area contributed by atoms with Crippen molar-refractivity contribution in [2.75, 3.05) is 13.4 Å². The van der Waals surface area contributed by atoms with Gasteiger partial charge in [0.25, 0.3) is 0 Å². The number of ether oxygens (including phenoxy) is 3. The van der Waals surface area contributed by atoms with Gasteiger partial charge in [-0.05, 0) is 34.3 Å². The van der Waals surface area contributed by atoms with Crippen LogP contribution >= 0.6 is 0 Å². The van der Waals surface area contributed by atoms with E-state index in [2.05, 4.69) is 48.1 Å². The molecule has 0 amide bonds. The first-order valence-corrected chi connectivity index (χ1v) is 12.3. The summed E-state index contributed by atoms with van der Waals surface area (Å²) < 4.78 is 23.5. The van der Waals surface area contributed by atoms with Crippen LogP contribution in [0.3, 0.4) is 0 Å². The number of benzene rings is 1.